The van der Waals surface area contributed by atoms with Crippen molar-refractivity contribution in [2.24, 2.45) is 5.41 Å². The zero-order chi connectivity index (χ0) is 29.4. The highest BCUT2D eigenvalue weighted by atomic mass is 19.1. The maximum Gasteiger partial charge on any atom is 0.224 e. The minimum atomic E-state index is -0.406. The Kier molecular flexibility index (Phi) is 6.97. The Bertz CT molecular complexity index is 1940. The van der Waals surface area contributed by atoms with E-state index in [1.54, 1.807) is 18.6 Å². The van der Waals surface area contributed by atoms with Crippen molar-refractivity contribution < 1.29 is 14.4 Å². The fourth-order valence-electron chi connectivity index (χ4n) is 4.97. The summed E-state index contributed by atoms with van der Waals surface area (Å²) in [5.41, 5.74) is 8.72. The molecule has 0 saturated heterocycles. The van der Waals surface area contributed by atoms with Gasteiger partial charge in [0.1, 0.15) is 11.5 Å². The van der Waals surface area contributed by atoms with E-state index in [-0.39, 0.29) is 17.9 Å². The van der Waals surface area contributed by atoms with Crippen molar-refractivity contribution in [3.8, 4) is 33.8 Å². The number of aromatic nitrogens is 6. The Hall–Kier alpha value is -5.00. The third kappa shape index (κ3) is 5.60. The van der Waals surface area contributed by atoms with E-state index in [0.29, 0.717) is 45.9 Å². The zero-order valence-electron chi connectivity index (χ0n) is 23.3. The van der Waals surface area contributed by atoms with Gasteiger partial charge in [0.05, 0.1) is 28.3 Å². The smallest absolute Gasteiger partial charge is 0.224 e. The van der Waals surface area contributed by atoms with Crippen LogP contribution in [0.1, 0.15) is 32.8 Å². The van der Waals surface area contributed by atoms with Crippen LogP contribution in [0.5, 0.6) is 0 Å². The number of amides is 1. The van der Waals surface area contributed by atoms with E-state index in [9.17, 15) is 9.18 Å². The maximum absolute atomic E-state index is 14.4. The van der Waals surface area contributed by atoms with Gasteiger partial charge in [0.2, 0.25) is 5.91 Å². The van der Waals surface area contributed by atoms with Crippen LogP contribution in [0.15, 0.2) is 67.1 Å². The molecular weight excluding hydrogens is 535 g/mol. The number of H-pyrrole nitrogens is 2. The molecule has 42 heavy (non-hydrogen) atoms. The number of aromatic amines is 2. The summed E-state index contributed by atoms with van der Waals surface area (Å²) in [6.07, 6.45) is 5.44. The second kappa shape index (κ2) is 10.8. The number of carbonyl (C=O) groups is 1. The van der Waals surface area contributed by atoms with Crippen molar-refractivity contribution in [3.05, 3.63) is 78.5 Å². The maximum atomic E-state index is 14.4. The van der Waals surface area contributed by atoms with Gasteiger partial charge in [-0.1, -0.05) is 32.9 Å². The number of hydrogen-bond acceptors (Lipinski definition) is 7. The first-order chi connectivity index (χ1) is 20.2. The quantitative estimate of drug-likeness (QED) is 0.145. The summed E-state index contributed by atoms with van der Waals surface area (Å²) in [6, 6.07) is 14.1. The van der Waals surface area contributed by atoms with Gasteiger partial charge in [-0.25, -0.2) is 19.8 Å². The van der Waals surface area contributed by atoms with Gasteiger partial charge in [-0.3, -0.25) is 14.9 Å². The van der Waals surface area contributed by atoms with E-state index >= 15 is 0 Å². The SMILES string of the molecule is CC(C)(C)CC(=O)Nc1cncc(-c2cnc3n[nH]c(-c4nc5c(-c6cc(F)cc(CNO)c6)cccc5[nH]4)c3c2)c1. The molecule has 0 atom stereocenters. The van der Waals surface area contributed by atoms with Gasteiger partial charge in [-0.05, 0) is 52.9 Å². The van der Waals surface area contributed by atoms with Crippen LogP contribution in [0.25, 0.3) is 55.8 Å². The molecule has 0 aliphatic heterocycles. The number of halogens is 1. The molecule has 6 aromatic rings. The van der Waals surface area contributed by atoms with Crippen molar-refractivity contribution in [1.82, 2.24) is 35.6 Å². The van der Waals surface area contributed by atoms with Gasteiger partial charge in [0.15, 0.2) is 11.5 Å². The monoisotopic (exact) mass is 564 g/mol. The summed E-state index contributed by atoms with van der Waals surface area (Å²) in [6.45, 7) is 6.16. The van der Waals surface area contributed by atoms with Crippen LogP contribution < -0.4 is 10.8 Å². The zero-order valence-corrected chi connectivity index (χ0v) is 23.3. The molecule has 11 heteroatoms. The Morgan fingerprint density at radius 1 is 1.02 bits per heavy atom. The van der Waals surface area contributed by atoms with Gasteiger partial charge < -0.3 is 15.5 Å². The minimum absolute atomic E-state index is 0.0732. The molecule has 10 nitrogen and oxygen atoms in total. The molecule has 4 aromatic heterocycles. The molecule has 0 spiro atoms. The van der Waals surface area contributed by atoms with Crippen LogP contribution in [-0.2, 0) is 11.3 Å². The lowest BCUT2D eigenvalue weighted by molar-refractivity contribution is -0.117. The molecular formula is C31H29FN8O2. The van der Waals surface area contributed by atoms with Crippen LogP contribution in [0.2, 0.25) is 0 Å². The number of carbonyl (C=O) groups excluding carboxylic acids is 1. The number of anilines is 1. The van der Waals surface area contributed by atoms with E-state index < -0.39 is 5.82 Å². The Morgan fingerprint density at radius 2 is 1.86 bits per heavy atom. The Balaban J connectivity index is 1.36. The number of hydroxylamine groups is 1. The first-order valence-corrected chi connectivity index (χ1v) is 13.4. The van der Waals surface area contributed by atoms with Crippen molar-refractivity contribution >= 4 is 33.7 Å². The third-order valence-corrected chi connectivity index (χ3v) is 6.76. The molecule has 0 aliphatic carbocycles. The number of benzene rings is 2. The third-order valence-electron chi connectivity index (χ3n) is 6.76. The lowest BCUT2D eigenvalue weighted by Gasteiger charge is -2.17. The van der Waals surface area contributed by atoms with Gasteiger partial charge in [0, 0.05) is 42.0 Å². The van der Waals surface area contributed by atoms with Gasteiger partial charge in [-0.2, -0.15) is 5.10 Å². The van der Waals surface area contributed by atoms with Crippen molar-refractivity contribution in [2.45, 2.75) is 33.7 Å². The molecule has 0 unspecified atom stereocenters. The molecule has 0 aliphatic rings. The number of fused-ring (bicyclic) bond motifs is 2. The first kappa shape index (κ1) is 27.2. The van der Waals surface area contributed by atoms with Gasteiger partial charge in [-0.15, -0.1) is 0 Å². The fraction of sp³-hybridized carbons (Fsp3) is 0.194. The standard InChI is InChI=1S/C31H29FN8O2/c1-31(2,3)12-26(41)36-22-10-19(14-33-16-22)20-11-24-28(39-40-29(24)34-15-20)30-37-25-6-4-5-23(27(25)38-30)18-7-17(13-35-42)8-21(32)9-18/h4-11,14-16,35,42H,12-13H2,1-3H3,(H,36,41)(H,37,38)(H,34,39,40). The first-order valence-electron chi connectivity index (χ1n) is 13.4. The van der Waals surface area contributed by atoms with Crippen LogP contribution in [0.4, 0.5) is 10.1 Å². The molecule has 6 rings (SSSR count). The molecule has 2 aromatic carbocycles. The second-order valence-corrected chi connectivity index (χ2v) is 11.4. The average molecular weight is 565 g/mol. The number of rotatable bonds is 7. The second-order valence-electron chi connectivity index (χ2n) is 11.4. The summed E-state index contributed by atoms with van der Waals surface area (Å²) >= 11 is 0. The van der Waals surface area contributed by atoms with Gasteiger partial charge in [0.25, 0.3) is 0 Å². The number of nitrogens with one attached hydrogen (secondary N) is 4. The average Bonchev–Trinajstić information content (AvgIpc) is 3.55. The number of nitrogens with zero attached hydrogens (tertiary/aromatic N) is 4. The molecule has 4 heterocycles. The summed E-state index contributed by atoms with van der Waals surface area (Å²) < 4.78 is 14.4. The molecule has 212 valence electrons. The largest absolute Gasteiger partial charge is 0.337 e. The number of pyridine rings is 2. The van der Waals surface area contributed by atoms with E-state index in [2.05, 4.69) is 35.9 Å². The Morgan fingerprint density at radius 3 is 2.67 bits per heavy atom. The number of hydrogen-bond donors (Lipinski definition) is 5. The molecule has 0 bridgehead atoms. The van der Waals surface area contributed by atoms with Crippen LogP contribution >= 0.6 is 0 Å². The lowest BCUT2D eigenvalue weighted by atomic mass is 9.92. The normalized spacial score (nSPS) is 11.8. The van der Waals surface area contributed by atoms with Crippen molar-refractivity contribution in [1.29, 1.82) is 0 Å². The van der Waals surface area contributed by atoms with Crippen molar-refractivity contribution in [3.63, 3.8) is 0 Å². The minimum Gasteiger partial charge on any atom is -0.337 e. The van der Waals surface area contributed by atoms with Gasteiger partial charge >= 0.3 is 0 Å². The van der Waals surface area contributed by atoms with Crippen molar-refractivity contribution in [2.75, 3.05) is 5.32 Å². The molecule has 5 N–H and O–H groups in total. The summed E-state index contributed by atoms with van der Waals surface area (Å²) in [4.78, 5) is 29.5. The van der Waals surface area contributed by atoms with E-state index in [0.717, 1.165) is 27.6 Å². The summed E-state index contributed by atoms with van der Waals surface area (Å²) in [5.74, 6) is 0.0702. The van der Waals surface area contributed by atoms with Crippen LogP contribution in [-0.4, -0.2) is 41.2 Å². The topological polar surface area (TPSA) is 144 Å². The van der Waals surface area contributed by atoms with Crippen LogP contribution in [0.3, 0.4) is 0 Å². The Labute approximate surface area is 240 Å². The predicted molar refractivity (Wildman–Crippen MR) is 159 cm³/mol. The van der Waals surface area contributed by atoms with E-state index in [1.807, 2.05) is 57.2 Å². The predicted octanol–water partition coefficient (Wildman–Crippen LogP) is 6.22. The fourth-order valence-corrected chi connectivity index (χ4v) is 4.97. The van der Waals surface area contributed by atoms with E-state index in [4.69, 9.17) is 10.2 Å². The van der Waals surface area contributed by atoms with Crippen LogP contribution in [0, 0.1) is 11.2 Å². The highest BCUT2D eigenvalue weighted by Crippen LogP contribution is 2.33. The molecule has 0 radical (unpaired) electrons. The van der Waals surface area contributed by atoms with E-state index in [1.165, 1.54) is 12.1 Å². The molecule has 0 fully saturated rings. The summed E-state index contributed by atoms with van der Waals surface area (Å²) in [7, 11) is 0. The highest BCUT2D eigenvalue weighted by Gasteiger charge is 2.18. The highest BCUT2D eigenvalue weighted by molar-refractivity contribution is 5.97. The molecule has 0 saturated carbocycles. The lowest BCUT2D eigenvalue weighted by Crippen LogP contribution is -2.19. The number of para-hydroxylation sites is 1. The number of imidazole rings is 1. The summed E-state index contributed by atoms with van der Waals surface area (Å²) in [5, 5.41) is 20.2. The molecule has 1 amide bonds.